The summed E-state index contributed by atoms with van der Waals surface area (Å²) in [4.78, 5) is 25.9. The van der Waals surface area contributed by atoms with Crippen molar-refractivity contribution in [3.8, 4) is 0 Å². The fraction of sp³-hybridized carbons (Fsp3) is 0.300. The van der Waals surface area contributed by atoms with Crippen molar-refractivity contribution in [2.24, 2.45) is 5.92 Å². The number of likely N-dealkylation sites (N-methyl/N-ethyl adjacent to an activating group) is 1. The highest BCUT2D eigenvalue weighted by molar-refractivity contribution is 5.97. The number of rotatable bonds is 5. The predicted molar refractivity (Wildman–Crippen MR) is 98.8 cm³/mol. The molecule has 2 aromatic heterocycles. The minimum Gasteiger partial charge on any atom is -0.469 e. The molecule has 4 rings (SSSR count). The highest BCUT2D eigenvalue weighted by Gasteiger charge is 2.45. The molecule has 1 saturated carbocycles. The Labute approximate surface area is 151 Å². The molecule has 1 aliphatic carbocycles. The standard InChI is InChI=1S/C20H21N3O3/c1-22(2)19(24)12-23-8-7-13-10-14(5-6-17(13)23)21-20(25)16-11-15(16)18-4-3-9-26-18/h3-10,15-16H,11-12H2,1-2H3,(H,21,25)/t15-,16-/m0/s1. The molecule has 26 heavy (non-hydrogen) atoms. The molecule has 1 aliphatic rings. The van der Waals surface area contributed by atoms with E-state index in [1.165, 1.54) is 0 Å². The number of furan rings is 1. The van der Waals surface area contributed by atoms with Gasteiger partial charge in [0.1, 0.15) is 12.3 Å². The largest absolute Gasteiger partial charge is 0.469 e. The van der Waals surface area contributed by atoms with E-state index in [-0.39, 0.29) is 23.7 Å². The van der Waals surface area contributed by atoms with Gasteiger partial charge in [0.25, 0.3) is 0 Å². The third-order valence-corrected chi connectivity index (χ3v) is 4.88. The van der Waals surface area contributed by atoms with Crippen molar-refractivity contribution in [1.82, 2.24) is 9.47 Å². The van der Waals surface area contributed by atoms with Gasteiger partial charge in [-0.2, -0.15) is 0 Å². The third kappa shape index (κ3) is 3.10. The van der Waals surface area contributed by atoms with Gasteiger partial charge in [-0.15, -0.1) is 0 Å². The van der Waals surface area contributed by atoms with E-state index in [0.29, 0.717) is 6.54 Å². The Balaban J connectivity index is 1.45. The molecule has 2 heterocycles. The first-order valence-electron chi connectivity index (χ1n) is 8.66. The van der Waals surface area contributed by atoms with Crippen LogP contribution in [-0.4, -0.2) is 35.4 Å². The zero-order valence-electron chi connectivity index (χ0n) is 14.8. The Kier molecular flexibility index (Phi) is 4.03. The Morgan fingerprint density at radius 3 is 2.85 bits per heavy atom. The Morgan fingerprint density at radius 1 is 1.27 bits per heavy atom. The SMILES string of the molecule is CN(C)C(=O)Cn1ccc2cc(NC(=O)[C@H]3C[C@@H]3c3ccco3)ccc21. The summed E-state index contributed by atoms with van der Waals surface area (Å²) in [5.74, 6) is 1.10. The lowest BCUT2D eigenvalue weighted by molar-refractivity contribution is -0.129. The number of hydrogen-bond acceptors (Lipinski definition) is 3. The molecule has 1 fully saturated rings. The summed E-state index contributed by atoms with van der Waals surface area (Å²) in [5, 5.41) is 3.98. The van der Waals surface area contributed by atoms with Gasteiger partial charge < -0.3 is 19.2 Å². The quantitative estimate of drug-likeness (QED) is 0.768. The first kappa shape index (κ1) is 16.4. The molecule has 6 heteroatoms. The number of anilines is 1. The summed E-state index contributed by atoms with van der Waals surface area (Å²) in [6.07, 6.45) is 4.36. The van der Waals surface area contributed by atoms with Gasteiger partial charge in [-0.05, 0) is 42.8 Å². The van der Waals surface area contributed by atoms with Crippen LogP contribution in [0.25, 0.3) is 10.9 Å². The van der Waals surface area contributed by atoms with Crippen molar-refractivity contribution in [2.45, 2.75) is 18.9 Å². The molecule has 0 bridgehead atoms. The van der Waals surface area contributed by atoms with Crippen LogP contribution in [0.2, 0.25) is 0 Å². The van der Waals surface area contributed by atoms with E-state index in [1.54, 1.807) is 25.3 Å². The van der Waals surface area contributed by atoms with Gasteiger partial charge in [-0.3, -0.25) is 9.59 Å². The molecule has 0 saturated heterocycles. The highest BCUT2D eigenvalue weighted by atomic mass is 16.3. The lowest BCUT2D eigenvalue weighted by Gasteiger charge is -2.12. The van der Waals surface area contributed by atoms with Gasteiger partial charge in [-0.1, -0.05) is 0 Å². The fourth-order valence-electron chi connectivity index (χ4n) is 3.24. The molecule has 134 valence electrons. The third-order valence-electron chi connectivity index (χ3n) is 4.88. The number of nitrogens with one attached hydrogen (secondary N) is 1. The summed E-state index contributed by atoms with van der Waals surface area (Å²) in [6.45, 7) is 0.301. The van der Waals surface area contributed by atoms with E-state index in [0.717, 1.165) is 28.8 Å². The van der Waals surface area contributed by atoms with Crippen LogP contribution < -0.4 is 5.32 Å². The lowest BCUT2D eigenvalue weighted by Crippen LogP contribution is -2.25. The molecule has 2 amide bonds. The Morgan fingerprint density at radius 2 is 2.12 bits per heavy atom. The number of fused-ring (bicyclic) bond motifs is 1. The van der Waals surface area contributed by atoms with Crippen LogP contribution in [0.1, 0.15) is 18.1 Å². The van der Waals surface area contributed by atoms with Gasteiger partial charge >= 0.3 is 0 Å². The maximum absolute atomic E-state index is 12.4. The second-order valence-electron chi connectivity index (χ2n) is 6.96. The lowest BCUT2D eigenvalue weighted by atomic mass is 10.2. The smallest absolute Gasteiger partial charge is 0.241 e. The summed E-state index contributed by atoms with van der Waals surface area (Å²) in [6, 6.07) is 11.5. The molecule has 0 spiro atoms. The van der Waals surface area contributed by atoms with Gasteiger partial charge in [-0.25, -0.2) is 0 Å². The highest BCUT2D eigenvalue weighted by Crippen LogP contribution is 2.48. The van der Waals surface area contributed by atoms with E-state index in [9.17, 15) is 9.59 Å². The topological polar surface area (TPSA) is 67.5 Å². The van der Waals surface area contributed by atoms with E-state index in [1.807, 2.05) is 47.2 Å². The molecular formula is C20H21N3O3. The Hall–Kier alpha value is -3.02. The van der Waals surface area contributed by atoms with Crippen molar-refractivity contribution in [3.05, 3.63) is 54.6 Å². The van der Waals surface area contributed by atoms with Gasteiger partial charge in [0.2, 0.25) is 11.8 Å². The normalized spacial score (nSPS) is 18.7. The van der Waals surface area contributed by atoms with E-state index in [2.05, 4.69) is 5.32 Å². The fourth-order valence-corrected chi connectivity index (χ4v) is 3.24. The predicted octanol–water partition coefficient (Wildman–Crippen LogP) is 3.06. The van der Waals surface area contributed by atoms with Crippen LogP contribution in [0.15, 0.2) is 53.3 Å². The van der Waals surface area contributed by atoms with Crippen molar-refractivity contribution in [1.29, 1.82) is 0 Å². The number of amides is 2. The zero-order chi connectivity index (χ0) is 18.3. The molecular weight excluding hydrogens is 330 g/mol. The van der Waals surface area contributed by atoms with Crippen LogP contribution in [0, 0.1) is 5.92 Å². The number of hydrogen-bond donors (Lipinski definition) is 1. The minimum absolute atomic E-state index is 0.0213. The van der Waals surface area contributed by atoms with Crippen LogP contribution in [0.4, 0.5) is 5.69 Å². The average molecular weight is 351 g/mol. The molecule has 1 aromatic carbocycles. The van der Waals surface area contributed by atoms with Crippen LogP contribution in [-0.2, 0) is 16.1 Å². The molecule has 0 radical (unpaired) electrons. The number of carbonyl (C=O) groups excluding carboxylic acids is 2. The molecule has 3 aromatic rings. The molecule has 0 aliphatic heterocycles. The van der Waals surface area contributed by atoms with E-state index < -0.39 is 0 Å². The minimum atomic E-state index is -0.0286. The summed E-state index contributed by atoms with van der Waals surface area (Å²) in [5.41, 5.74) is 1.74. The van der Waals surface area contributed by atoms with Crippen molar-refractivity contribution in [3.63, 3.8) is 0 Å². The summed E-state index contributed by atoms with van der Waals surface area (Å²) in [7, 11) is 3.49. The van der Waals surface area contributed by atoms with Crippen molar-refractivity contribution < 1.29 is 14.0 Å². The van der Waals surface area contributed by atoms with Crippen LogP contribution >= 0.6 is 0 Å². The van der Waals surface area contributed by atoms with Crippen LogP contribution in [0.3, 0.4) is 0 Å². The number of aromatic nitrogens is 1. The molecule has 2 atom stereocenters. The van der Waals surface area contributed by atoms with E-state index in [4.69, 9.17) is 4.42 Å². The van der Waals surface area contributed by atoms with Crippen molar-refractivity contribution in [2.75, 3.05) is 19.4 Å². The summed E-state index contributed by atoms with van der Waals surface area (Å²) < 4.78 is 7.30. The number of carbonyl (C=O) groups is 2. The number of benzene rings is 1. The monoisotopic (exact) mass is 351 g/mol. The molecule has 1 N–H and O–H groups in total. The van der Waals surface area contributed by atoms with Crippen molar-refractivity contribution >= 4 is 28.4 Å². The van der Waals surface area contributed by atoms with Gasteiger partial charge in [0.15, 0.2) is 0 Å². The molecule has 6 nitrogen and oxygen atoms in total. The second-order valence-corrected chi connectivity index (χ2v) is 6.96. The molecule has 0 unspecified atom stereocenters. The second kappa shape index (κ2) is 6.37. The van der Waals surface area contributed by atoms with Gasteiger partial charge in [0.05, 0.1) is 6.26 Å². The first-order chi connectivity index (χ1) is 12.5. The maximum atomic E-state index is 12.4. The van der Waals surface area contributed by atoms with E-state index >= 15 is 0 Å². The summed E-state index contributed by atoms with van der Waals surface area (Å²) >= 11 is 0. The average Bonchev–Trinajstić information content (AvgIpc) is 3.05. The number of nitrogens with zero attached hydrogens (tertiary/aromatic N) is 2. The zero-order valence-corrected chi connectivity index (χ0v) is 14.8. The maximum Gasteiger partial charge on any atom is 0.241 e. The Bertz CT molecular complexity index is 956. The van der Waals surface area contributed by atoms with Crippen LogP contribution in [0.5, 0.6) is 0 Å². The van der Waals surface area contributed by atoms with Gasteiger partial charge in [0, 0.05) is 48.7 Å². The first-order valence-corrected chi connectivity index (χ1v) is 8.66.